The predicted octanol–water partition coefficient (Wildman–Crippen LogP) is 3.58. The van der Waals surface area contributed by atoms with E-state index >= 15 is 0 Å². The zero-order valence-corrected chi connectivity index (χ0v) is 11.8. The second kappa shape index (κ2) is 4.99. The summed E-state index contributed by atoms with van der Waals surface area (Å²) in [4.78, 5) is 4.42. The molecule has 1 atom stereocenters. The average Bonchev–Trinajstić information content (AvgIpc) is 3.00. The third-order valence-electron chi connectivity index (χ3n) is 2.97. The molecular formula is C12H11BrClN3O. The Hall–Kier alpha value is -0.910. The largest absolute Gasteiger partial charge is 0.334 e. The number of rotatable bonds is 2. The molecule has 1 unspecified atom stereocenters. The van der Waals surface area contributed by atoms with Crippen molar-refractivity contribution >= 4 is 27.5 Å². The summed E-state index contributed by atoms with van der Waals surface area (Å²) in [5, 5.41) is 7.96. The van der Waals surface area contributed by atoms with Gasteiger partial charge in [0.15, 0.2) is 5.82 Å². The zero-order valence-electron chi connectivity index (χ0n) is 9.49. The van der Waals surface area contributed by atoms with Crippen molar-refractivity contribution in [1.29, 1.82) is 0 Å². The Kier molecular flexibility index (Phi) is 3.37. The highest BCUT2D eigenvalue weighted by atomic mass is 79.9. The fraction of sp³-hybridized carbons (Fsp3) is 0.333. The third-order valence-corrected chi connectivity index (χ3v) is 3.80. The summed E-state index contributed by atoms with van der Waals surface area (Å²) in [6.07, 6.45) is 2.19. The van der Waals surface area contributed by atoms with Crippen molar-refractivity contribution in [2.45, 2.75) is 18.9 Å². The van der Waals surface area contributed by atoms with Crippen LogP contribution in [0.4, 0.5) is 0 Å². The number of benzene rings is 1. The van der Waals surface area contributed by atoms with Crippen LogP contribution >= 0.6 is 27.5 Å². The summed E-state index contributed by atoms with van der Waals surface area (Å²) in [6.45, 7) is 1.01. The highest BCUT2D eigenvalue weighted by molar-refractivity contribution is 9.10. The molecule has 0 radical (unpaired) electrons. The van der Waals surface area contributed by atoms with Crippen LogP contribution in [-0.4, -0.2) is 16.7 Å². The molecule has 0 saturated carbocycles. The van der Waals surface area contributed by atoms with Crippen LogP contribution in [0.25, 0.3) is 11.5 Å². The Morgan fingerprint density at radius 2 is 2.33 bits per heavy atom. The topological polar surface area (TPSA) is 51.0 Å². The number of nitrogens with zero attached hydrogens (tertiary/aromatic N) is 2. The Morgan fingerprint density at radius 1 is 1.44 bits per heavy atom. The number of hydrogen-bond acceptors (Lipinski definition) is 4. The molecule has 0 aliphatic carbocycles. The summed E-state index contributed by atoms with van der Waals surface area (Å²) in [7, 11) is 0. The molecule has 1 aromatic heterocycles. The molecule has 1 fully saturated rings. The van der Waals surface area contributed by atoms with Crippen molar-refractivity contribution in [3.8, 4) is 11.5 Å². The molecule has 0 amide bonds. The first-order valence-corrected chi connectivity index (χ1v) is 6.93. The van der Waals surface area contributed by atoms with Gasteiger partial charge in [0.25, 0.3) is 5.89 Å². The lowest BCUT2D eigenvalue weighted by molar-refractivity contribution is 0.412. The van der Waals surface area contributed by atoms with Crippen LogP contribution in [-0.2, 0) is 0 Å². The number of aromatic nitrogens is 2. The highest BCUT2D eigenvalue weighted by Crippen LogP contribution is 2.31. The molecule has 4 nitrogen and oxygen atoms in total. The molecular weight excluding hydrogens is 318 g/mol. The van der Waals surface area contributed by atoms with Crippen molar-refractivity contribution < 1.29 is 4.52 Å². The van der Waals surface area contributed by atoms with Crippen molar-refractivity contribution in [2.24, 2.45) is 0 Å². The molecule has 1 N–H and O–H groups in total. The van der Waals surface area contributed by atoms with Crippen molar-refractivity contribution in [3.05, 3.63) is 33.5 Å². The second-order valence-corrected chi connectivity index (χ2v) is 5.55. The fourth-order valence-corrected chi connectivity index (χ4v) is 2.61. The minimum atomic E-state index is 0.202. The zero-order chi connectivity index (χ0) is 12.5. The van der Waals surface area contributed by atoms with Crippen LogP contribution in [0, 0.1) is 0 Å². The van der Waals surface area contributed by atoms with Crippen LogP contribution in [0.15, 0.2) is 27.2 Å². The molecule has 94 valence electrons. The van der Waals surface area contributed by atoms with E-state index in [1.807, 2.05) is 12.1 Å². The van der Waals surface area contributed by atoms with Crippen LogP contribution < -0.4 is 5.32 Å². The molecule has 6 heteroatoms. The van der Waals surface area contributed by atoms with Gasteiger partial charge in [0.1, 0.15) is 0 Å². The van der Waals surface area contributed by atoms with E-state index in [0.717, 1.165) is 29.4 Å². The standard InChI is InChI=1S/C12H11BrClN3O/c13-7-3-4-9(14)8(6-7)12-16-11(17-18-12)10-2-1-5-15-10/h3-4,6,10,15H,1-2,5H2. The van der Waals surface area contributed by atoms with E-state index in [2.05, 4.69) is 31.4 Å². The van der Waals surface area contributed by atoms with Crippen LogP contribution in [0.1, 0.15) is 24.7 Å². The van der Waals surface area contributed by atoms with Gasteiger partial charge < -0.3 is 9.84 Å². The number of halogens is 2. The summed E-state index contributed by atoms with van der Waals surface area (Å²) in [6, 6.07) is 5.76. The Balaban J connectivity index is 1.94. The highest BCUT2D eigenvalue weighted by Gasteiger charge is 2.22. The molecule has 0 bridgehead atoms. The van der Waals surface area contributed by atoms with E-state index in [-0.39, 0.29) is 6.04 Å². The van der Waals surface area contributed by atoms with Gasteiger partial charge in [-0.2, -0.15) is 4.98 Å². The van der Waals surface area contributed by atoms with Gasteiger partial charge in [-0.1, -0.05) is 32.7 Å². The molecule has 2 aromatic rings. The molecule has 1 aromatic carbocycles. The first-order chi connectivity index (χ1) is 8.74. The van der Waals surface area contributed by atoms with E-state index in [1.54, 1.807) is 6.07 Å². The maximum atomic E-state index is 6.14. The Bertz CT molecular complexity index is 566. The van der Waals surface area contributed by atoms with Gasteiger partial charge in [0, 0.05) is 4.47 Å². The van der Waals surface area contributed by atoms with Gasteiger partial charge >= 0.3 is 0 Å². The maximum Gasteiger partial charge on any atom is 0.259 e. The van der Waals surface area contributed by atoms with Crippen molar-refractivity contribution in [3.63, 3.8) is 0 Å². The first kappa shape index (κ1) is 12.1. The minimum Gasteiger partial charge on any atom is -0.334 e. The van der Waals surface area contributed by atoms with Crippen LogP contribution in [0.3, 0.4) is 0 Å². The van der Waals surface area contributed by atoms with Gasteiger partial charge in [-0.15, -0.1) is 0 Å². The fourth-order valence-electron chi connectivity index (χ4n) is 2.05. The van der Waals surface area contributed by atoms with Gasteiger partial charge in [-0.3, -0.25) is 0 Å². The third kappa shape index (κ3) is 2.30. The molecule has 1 aliphatic rings. The molecule has 1 saturated heterocycles. The summed E-state index contributed by atoms with van der Waals surface area (Å²) >= 11 is 9.54. The minimum absolute atomic E-state index is 0.202. The molecule has 18 heavy (non-hydrogen) atoms. The lowest BCUT2D eigenvalue weighted by Gasteiger charge is -2.02. The Labute approximate surface area is 118 Å². The van der Waals surface area contributed by atoms with Crippen LogP contribution in [0.5, 0.6) is 0 Å². The lowest BCUT2D eigenvalue weighted by atomic mass is 10.2. The van der Waals surface area contributed by atoms with Gasteiger partial charge in [-0.25, -0.2) is 0 Å². The van der Waals surface area contributed by atoms with E-state index in [4.69, 9.17) is 16.1 Å². The predicted molar refractivity (Wildman–Crippen MR) is 72.4 cm³/mol. The van der Waals surface area contributed by atoms with Gasteiger partial charge in [-0.05, 0) is 37.6 Å². The van der Waals surface area contributed by atoms with E-state index < -0.39 is 0 Å². The molecule has 0 spiro atoms. The smallest absolute Gasteiger partial charge is 0.259 e. The van der Waals surface area contributed by atoms with Crippen molar-refractivity contribution in [2.75, 3.05) is 6.54 Å². The van der Waals surface area contributed by atoms with E-state index in [9.17, 15) is 0 Å². The summed E-state index contributed by atoms with van der Waals surface area (Å²) < 4.78 is 6.22. The number of nitrogens with one attached hydrogen (secondary N) is 1. The Morgan fingerprint density at radius 3 is 3.11 bits per heavy atom. The maximum absolute atomic E-state index is 6.14. The van der Waals surface area contributed by atoms with E-state index in [0.29, 0.717) is 16.7 Å². The first-order valence-electron chi connectivity index (χ1n) is 5.76. The quantitative estimate of drug-likeness (QED) is 0.915. The van der Waals surface area contributed by atoms with Gasteiger partial charge in [0.2, 0.25) is 0 Å². The van der Waals surface area contributed by atoms with E-state index in [1.165, 1.54) is 0 Å². The number of hydrogen-bond donors (Lipinski definition) is 1. The monoisotopic (exact) mass is 327 g/mol. The molecule has 3 rings (SSSR count). The van der Waals surface area contributed by atoms with Gasteiger partial charge in [0.05, 0.1) is 16.6 Å². The molecule has 2 heterocycles. The summed E-state index contributed by atoms with van der Waals surface area (Å²) in [5.41, 5.74) is 0.753. The summed E-state index contributed by atoms with van der Waals surface area (Å²) in [5.74, 6) is 1.17. The second-order valence-electron chi connectivity index (χ2n) is 4.23. The normalized spacial score (nSPS) is 19.3. The van der Waals surface area contributed by atoms with Crippen molar-refractivity contribution in [1.82, 2.24) is 15.5 Å². The average molecular weight is 329 g/mol. The lowest BCUT2D eigenvalue weighted by Crippen LogP contribution is -2.14. The molecule has 1 aliphatic heterocycles. The van der Waals surface area contributed by atoms with Crippen LogP contribution in [0.2, 0.25) is 5.02 Å². The SMILES string of the molecule is Clc1ccc(Br)cc1-c1nc(C2CCCN2)no1.